The molecule has 1 aromatic carbocycles. The lowest BCUT2D eigenvalue weighted by molar-refractivity contribution is -0.120. The number of ether oxygens (including phenoxy) is 1. The minimum Gasteiger partial charge on any atom is -0.373 e. The van der Waals surface area contributed by atoms with Gasteiger partial charge in [-0.2, -0.15) is 0 Å². The second-order valence-electron chi connectivity index (χ2n) is 7.48. The van der Waals surface area contributed by atoms with E-state index in [1.54, 1.807) is 0 Å². The molecule has 0 saturated carbocycles. The summed E-state index contributed by atoms with van der Waals surface area (Å²) in [5, 5.41) is 6.94. The van der Waals surface area contributed by atoms with E-state index < -0.39 is 0 Å². The number of nitrogens with zero attached hydrogens (tertiary/aromatic N) is 2. The van der Waals surface area contributed by atoms with Crippen LogP contribution in [0.15, 0.2) is 28.8 Å². The number of hydrogen-bond acceptors (Lipinski definition) is 5. The third kappa shape index (κ3) is 5.17. The minimum absolute atomic E-state index is 0.0205. The molecule has 0 bridgehead atoms. The number of carbonyl (C=O) groups excluding carboxylic acids is 1. The van der Waals surface area contributed by atoms with Crippen molar-refractivity contribution in [3.8, 4) is 0 Å². The molecule has 1 N–H and O–H groups in total. The Morgan fingerprint density at radius 3 is 2.48 bits per heavy atom. The highest BCUT2D eigenvalue weighted by Crippen LogP contribution is 2.17. The SMILES string of the molecule is Cc1noc(C)c1CC(=O)NCc1ccccc1CN1C[C@@H](C)O[C@H](C)C1. The molecule has 1 aliphatic heterocycles. The van der Waals surface area contributed by atoms with Crippen molar-refractivity contribution in [3.05, 3.63) is 52.4 Å². The van der Waals surface area contributed by atoms with Crippen LogP contribution < -0.4 is 5.32 Å². The lowest BCUT2D eigenvalue weighted by Crippen LogP contribution is -2.45. The Hall–Kier alpha value is -2.18. The summed E-state index contributed by atoms with van der Waals surface area (Å²) in [6.07, 6.45) is 0.785. The first kappa shape index (κ1) is 19.6. The van der Waals surface area contributed by atoms with E-state index in [1.807, 2.05) is 19.9 Å². The molecule has 0 unspecified atom stereocenters. The van der Waals surface area contributed by atoms with E-state index in [0.717, 1.165) is 36.5 Å². The summed E-state index contributed by atoms with van der Waals surface area (Å²) >= 11 is 0. The molecular weight excluding hydrogens is 342 g/mol. The maximum absolute atomic E-state index is 12.4. The Balaban J connectivity index is 1.60. The summed E-state index contributed by atoms with van der Waals surface area (Å²) in [6, 6.07) is 8.29. The molecule has 1 aliphatic rings. The van der Waals surface area contributed by atoms with Crippen molar-refractivity contribution in [1.82, 2.24) is 15.4 Å². The number of nitrogens with one attached hydrogen (secondary N) is 1. The van der Waals surface area contributed by atoms with Gasteiger partial charge in [0.2, 0.25) is 5.91 Å². The monoisotopic (exact) mass is 371 g/mol. The molecule has 1 fully saturated rings. The second-order valence-corrected chi connectivity index (χ2v) is 7.48. The highest BCUT2D eigenvalue weighted by atomic mass is 16.5. The maximum atomic E-state index is 12.4. The molecule has 1 saturated heterocycles. The van der Waals surface area contributed by atoms with Crippen molar-refractivity contribution in [2.24, 2.45) is 0 Å². The predicted molar refractivity (Wildman–Crippen MR) is 103 cm³/mol. The Labute approximate surface area is 160 Å². The average molecular weight is 371 g/mol. The van der Waals surface area contributed by atoms with Crippen molar-refractivity contribution in [3.63, 3.8) is 0 Å². The number of amides is 1. The van der Waals surface area contributed by atoms with E-state index in [0.29, 0.717) is 18.7 Å². The van der Waals surface area contributed by atoms with E-state index in [-0.39, 0.29) is 18.1 Å². The first-order chi connectivity index (χ1) is 12.9. The number of hydrogen-bond donors (Lipinski definition) is 1. The standard InChI is InChI=1S/C21H29N3O3/c1-14-11-24(12-15(2)26-14)13-19-8-6-5-7-18(19)10-22-21(25)9-20-16(3)23-27-17(20)4/h5-8,14-15H,9-13H2,1-4H3,(H,22,25)/t14-,15-/m1/s1. The number of aromatic nitrogens is 1. The van der Waals surface area contributed by atoms with Crippen molar-refractivity contribution in [2.75, 3.05) is 13.1 Å². The fourth-order valence-corrected chi connectivity index (χ4v) is 3.71. The van der Waals surface area contributed by atoms with Gasteiger partial charge in [-0.15, -0.1) is 0 Å². The van der Waals surface area contributed by atoms with E-state index in [4.69, 9.17) is 9.26 Å². The zero-order chi connectivity index (χ0) is 19.4. The van der Waals surface area contributed by atoms with Gasteiger partial charge in [0.15, 0.2) is 0 Å². The van der Waals surface area contributed by atoms with Crippen LogP contribution in [0.3, 0.4) is 0 Å². The van der Waals surface area contributed by atoms with Crippen LogP contribution in [0.1, 0.15) is 42.0 Å². The second kappa shape index (κ2) is 8.67. The van der Waals surface area contributed by atoms with Crippen LogP contribution in [0.25, 0.3) is 0 Å². The Morgan fingerprint density at radius 1 is 1.19 bits per heavy atom. The average Bonchev–Trinajstić information content (AvgIpc) is 2.92. The molecule has 0 aliphatic carbocycles. The van der Waals surface area contributed by atoms with Gasteiger partial charge in [-0.1, -0.05) is 29.4 Å². The molecule has 0 spiro atoms. The fraction of sp³-hybridized carbons (Fsp3) is 0.524. The Morgan fingerprint density at radius 2 is 1.85 bits per heavy atom. The zero-order valence-corrected chi connectivity index (χ0v) is 16.6. The van der Waals surface area contributed by atoms with Gasteiger partial charge in [0.1, 0.15) is 5.76 Å². The minimum atomic E-state index is -0.0205. The largest absolute Gasteiger partial charge is 0.373 e. The van der Waals surface area contributed by atoms with E-state index in [9.17, 15) is 4.79 Å². The van der Waals surface area contributed by atoms with Crippen molar-refractivity contribution in [2.45, 2.75) is 59.4 Å². The summed E-state index contributed by atoms with van der Waals surface area (Å²) in [6.45, 7) is 11.2. The van der Waals surface area contributed by atoms with Gasteiger partial charge in [0.05, 0.1) is 24.3 Å². The van der Waals surface area contributed by atoms with E-state index in [2.05, 4.69) is 47.4 Å². The van der Waals surface area contributed by atoms with Gasteiger partial charge in [-0.3, -0.25) is 9.69 Å². The molecule has 1 amide bonds. The Bertz CT molecular complexity index is 757. The lowest BCUT2D eigenvalue weighted by atomic mass is 10.1. The van der Waals surface area contributed by atoms with Crippen LogP contribution in [0.5, 0.6) is 0 Å². The van der Waals surface area contributed by atoms with Gasteiger partial charge in [0, 0.05) is 31.7 Å². The van der Waals surface area contributed by atoms with Crippen LogP contribution >= 0.6 is 0 Å². The number of benzene rings is 1. The Kier molecular flexibility index (Phi) is 6.29. The van der Waals surface area contributed by atoms with Crippen molar-refractivity contribution in [1.29, 1.82) is 0 Å². The third-order valence-corrected chi connectivity index (χ3v) is 5.00. The van der Waals surface area contributed by atoms with Crippen LogP contribution in [-0.4, -0.2) is 41.3 Å². The van der Waals surface area contributed by atoms with E-state index in [1.165, 1.54) is 5.56 Å². The topological polar surface area (TPSA) is 67.6 Å². The number of aryl methyl sites for hydroxylation is 2. The smallest absolute Gasteiger partial charge is 0.224 e. The first-order valence-electron chi connectivity index (χ1n) is 9.55. The van der Waals surface area contributed by atoms with Crippen LogP contribution in [-0.2, 0) is 29.0 Å². The summed E-state index contributed by atoms with van der Waals surface area (Å²) in [4.78, 5) is 14.8. The zero-order valence-electron chi connectivity index (χ0n) is 16.6. The predicted octanol–water partition coefficient (Wildman–Crippen LogP) is 2.76. The molecule has 2 heterocycles. The molecule has 2 aromatic rings. The van der Waals surface area contributed by atoms with Gasteiger partial charge in [-0.05, 0) is 38.8 Å². The molecule has 27 heavy (non-hydrogen) atoms. The van der Waals surface area contributed by atoms with Crippen molar-refractivity contribution >= 4 is 5.91 Å². The number of carbonyl (C=O) groups is 1. The van der Waals surface area contributed by atoms with Crippen LogP contribution in [0.2, 0.25) is 0 Å². The summed E-state index contributed by atoms with van der Waals surface area (Å²) in [7, 11) is 0. The normalized spacial score (nSPS) is 20.6. The molecular formula is C21H29N3O3. The van der Waals surface area contributed by atoms with Crippen LogP contribution in [0.4, 0.5) is 0 Å². The first-order valence-corrected chi connectivity index (χ1v) is 9.55. The molecule has 0 radical (unpaired) electrons. The van der Waals surface area contributed by atoms with E-state index >= 15 is 0 Å². The molecule has 3 rings (SSSR count). The van der Waals surface area contributed by atoms with Gasteiger partial charge in [-0.25, -0.2) is 0 Å². The van der Waals surface area contributed by atoms with Crippen molar-refractivity contribution < 1.29 is 14.1 Å². The molecule has 6 heteroatoms. The summed E-state index contributed by atoms with van der Waals surface area (Å²) in [5.74, 6) is 0.687. The van der Waals surface area contributed by atoms with Crippen LogP contribution in [0, 0.1) is 13.8 Å². The molecule has 146 valence electrons. The molecule has 6 nitrogen and oxygen atoms in total. The summed E-state index contributed by atoms with van der Waals surface area (Å²) < 4.78 is 11.0. The van der Waals surface area contributed by atoms with Gasteiger partial charge >= 0.3 is 0 Å². The molecule has 1 aromatic heterocycles. The van der Waals surface area contributed by atoms with Gasteiger partial charge in [0.25, 0.3) is 0 Å². The number of rotatable bonds is 6. The fourth-order valence-electron chi connectivity index (χ4n) is 3.71. The third-order valence-electron chi connectivity index (χ3n) is 5.00. The highest BCUT2D eigenvalue weighted by molar-refractivity contribution is 5.79. The lowest BCUT2D eigenvalue weighted by Gasteiger charge is -2.35. The highest BCUT2D eigenvalue weighted by Gasteiger charge is 2.22. The number of morpholine rings is 1. The maximum Gasteiger partial charge on any atom is 0.224 e. The van der Waals surface area contributed by atoms with Gasteiger partial charge < -0.3 is 14.6 Å². The summed E-state index contributed by atoms with van der Waals surface area (Å²) in [5.41, 5.74) is 4.04. The molecule has 2 atom stereocenters. The quantitative estimate of drug-likeness (QED) is 0.846.